The van der Waals surface area contributed by atoms with E-state index < -0.39 is 10.2 Å². The minimum atomic E-state index is -0.582. The zero-order valence-electron chi connectivity index (χ0n) is 15.1. The maximum atomic E-state index is 12.6. The second-order valence-corrected chi connectivity index (χ2v) is 7.15. The Kier molecular flexibility index (Phi) is 6.05. The van der Waals surface area contributed by atoms with Crippen LogP contribution >= 0.6 is 11.8 Å². The van der Waals surface area contributed by atoms with Gasteiger partial charge in [-0.3, -0.25) is 24.6 Å². The molecule has 1 heterocycles. The first-order valence-electron chi connectivity index (χ1n) is 8.64. The number of nitro benzene ring substituents is 1. The molecule has 0 aliphatic carbocycles. The Labute approximate surface area is 165 Å². The number of benzene rings is 2. The highest BCUT2D eigenvalue weighted by atomic mass is 32.2. The predicted octanol–water partition coefficient (Wildman–Crippen LogP) is 3.58. The molecule has 0 bridgehead atoms. The molecule has 8 nitrogen and oxygen atoms in total. The minimum absolute atomic E-state index is 0.0167. The monoisotopic (exact) mass is 398 g/mol. The molecule has 0 radical (unpaired) electrons. The van der Waals surface area contributed by atoms with Crippen molar-refractivity contribution in [2.45, 2.75) is 18.6 Å². The van der Waals surface area contributed by atoms with Gasteiger partial charge in [0, 0.05) is 30.8 Å². The van der Waals surface area contributed by atoms with E-state index in [0.29, 0.717) is 23.1 Å². The molecule has 1 atom stereocenters. The molecule has 28 heavy (non-hydrogen) atoms. The van der Waals surface area contributed by atoms with E-state index in [9.17, 15) is 19.7 Å². The van der Waals surface area contributed by atoms with Gasteiger partial charge in [-0.15, -0.1) is 0 Å². The van der Waals surface area contributed by atoms with Crippen LogP contribution in [0.3, 0.4) is 0 Å². The highest BCUT2D eigenvalue weighted by Gasteiger charge is 2.38. The number of non-ortho nitro benzene ring substituents is 1. The summed E-state index contributed by atoms with van der Waals surface area (Å²) in [5, 5.41) is 13.6. The number of hydrogen-bond donors (Lipinski definition) is 1. The zero-order valence-corrected chi connectivity index (χ0v) is 15.9. The lowest BCUT2D eigenvalue weighted by molar-refractivity contribution is -0.384. The van der Waals surface area contributed by atoms with E-state index in [0.717, 1.165) is 0 Å². The van der Waals surface area contributed by atoms with E-state index in [1.807, 2.05) is 25.1 Å². The Bertz CT molecular complexity index is 933. The molecule has 1 aliphatic heterocycles. The fourth-order valence-electron chi connectivity index (χ4n) is 2.70. The van der Waals surface area contributed by atoms with Gasteiger partial charge in [0.25, 0.3) is 5.69 Å². The number of nitrogens with zero attached hydrogens (tertiary/aromatic N) is 3. The summed E-state index contributed by atoms with van der Waals surface area (Å²) in [5.74, 6) is -0.454. The number of amides is 2. The van der Waals surface area contributed by atoms with Crippen LogP contribution in [0.25, 0.3) is 0 Å². The highest BCUT2D eigenvalue weighted by molar-refractivity contribution is 8.15. The van der Waals surface area contributed by atoms with Gasteiger partial charge in [0.2, 0.25) is 11.8 Å². The maximum Gasteiger partial charge on any atom is 0.271 e. The van der Waals surface area contributed by atoms with Crippen molar-refractivity contribution in [2.24, 2.45) is 4.99 Å². The first-order chi connectivity index (χ1) is 13.5. The van der Waals surface area contributed by atoms with E-state index in [2.05, 4.69) is 10.3 Å². The summed E-state index contributed by atoms with van der Waals surface area (Å²) in [7, 11) is 0. The summed E-state index contributed by atoms with van der Waals surface area (Å²) < 4.78 is 0. The molecule has 1 unspecified atom stereocenters. The zero-order chi connectivity index (χ0) is 20.1. The van der Waals surface area contributed by atoms with Gasteiger partial charge in [-0.25, -0.2) is 4.99 Å². The van der Waals surface area contributed by atoms with Gasteiger partial charge >= 0.3 is 0 Å². The third kappa shape index (κ3) is 4.55. The summed E-state index contributed by atoms with van der Waals surface area (Å²) >= 11 is 1.20. The van der Waals surface area contributed by atoms with Crippen molar-refractivity contribution in [1.82, 2.24) is 4.90 Å². The van der Waals surface area contributed by atoms with E-state index >= 15 is 0 Å². The van der Waals surface area contributed by atoms with E-state index in [-0.39, 0.29) is 23.9 Å². The topological polar surface area (TPSA) is 105 Å². The molecule has 1 aliphatic rings. The first kappa shape index (κ1) is 19.6. The number of thioether (sulfide) groups is 1. The van der Waals surface area contributed by atoms with E-state index in [1.54, 1.807) is 24.3 Å². The molecule has 0 spiro atoms. The average Bonchev–Trinajstić information content (AvgIpc) is 2.96. The van der Waals surface area contributed by atoms with Gasteiger partial charge in [-0.2, -0.15) is 0 Å². The first-order valence-corrected chi connectivity index (χ1v) is 9.52. The Balaban J connectivity index is 1.74. The quantitative estimate of drug-likeness (QED) is 0.591. The normalized spacial score (nSPS) is 17.8. The Morgan fingerprint density at radius 3 is 2.68 bits per heavy atom. The molecule has 1 fully saturated rings. The van der Waals surface area contributed by atoms with Gasteiger partial charge in [-0.1, -0.05) is 36.0 Å². The molecule has 1 N–H and O–H groups in total. The molecule has 1 saturated heterocycles. The maximum absolute atomic E-state index is 12.6. The van der Waals surface area contributed by atoms with Crippen LogP contribution in [-0.2, 0) is 9.59 Å². The van der Waals surface area contributed by atoms with Crippen molar-refractivity contribution in [3.8, 4) is 0 Å². The Morgan fingerprint density at radius 1 is 1.25 bits per heavy atom. The molecule has 2 aromatic carbocycles. The van der Waals surface area contributed by atoms with Gasteiger partial charge in [0.15, 0.2) is 5.17 Å². The largest absolute Gasteiger partial charge is 0.326 e. The van der Waals surface area contributed by atoms with Crippen LogP contribution in [0.1, 0.15) is 13.3 Å². The smallest absolute Gasteiger partial charge is 0.271 e. The molecular formula is C19H18N4O4S. The number of hydrogen-bond acceptors (Lipinski definition) is 6. The van der Waals surface area contributed by atoms with Crippen molar-refractivity contribution in [2.75, 3.05) is 11.9 Å². The summed E-state index contributed by atoms with van der Waals surface area (Å²) in [6.45, 7) is 2.21. The number of carbonyl (C=O) groups excluding carboxylic acids is 2. The fraction of sp³-hybridized carbons (Fsp3) is 0.211. The van der Waals surface area contributed by atoms with Crippen LogP contribution < -0.4 is 5.32 Å². The summed E-state index contributed by atoms with van der Waals surface area (Å²) in [6.07, 6.45) is 0.0167. The van der Waals surface area contributed by atoms with E-state index in [1.165, 1.54) is 28.8 Å². The molecule has 2 amide bonds. The second-order valence-electron chi connectivity index (χ2n) is 5.98. The van der Waals surface area contributed by atoms with Crippen LogP contribution in [0.5, 0.6) is 0 Å². The van der Waals surface area contributed by atoms with Crippen molar-refractivity contribution in [3.05, 3.63) is 64.7 Å². The third-order valence-corrected chi connectivity index (χ3v) is 5.21. The van der Waals surface area contributed by atoms with Crippen LogP contribution in [0.2, 0.25) is 0 Å². The standard InChI is InChI=1S/C19H18N4O4S/c1-2-22-18(25)16(12-17(24)20-13-7-4-3-5-8-13)28-19(22)21-14-9-6-10-15(11-14)23(26)27/h3-11,16H,2,12H2,1H3,(H,20,24). The van der Waals surface area contributed by atoms with Gasteiger partial charge in [0.1, 0.15) is 5.25 Å². The Hall–Kier alpha value is -3.20. The molecule has 0 saturated carbocycles. The number of aliphatic imine (C=N–C) groups is 1. The highest BCUT2D eigenvalue weighted by Crippen LogP contribution is 2.32. The van der Waals surface area contributed by atoms with Crippen molar-refractivity contribution in [1.29, 1.82) is 0 Å². The van der Waals surface area contributed by atoms with Gasteiger partial charge in [0.05, 0.1) is 10.6 Å². The molecule has 144 valence electrons. The predicted molar refractivity (Wildman–Crippen MR) is 109 cm³/mol. The number of rotatable bonds is 6. The fourth-order valence-corrected chi connectivity index (χ4v) is 3.93. The SMILES string of the molecule is CCN1C(=O)C(CC(=O)Nc2ccccc2)SC1=Nc1cccc([N+](=O)[O-])c1. The van der Waals surface area contributed by atoms with Crippen molar-refractivity contribution < 1.29 is 14.5 Å². The molecule has 2 aromatic rings. The Morgan fingerprint density at radius 2 is 2.00 bits per heavy atom. The van der Waals surface area contributed by atoms with Crippen LogP contribution in [0.4, 0.5) is 17.1 Å². The number of para-hydroxylation sites is 1. The lowest BCUT2D eigenvalue weighted by atomic mass is 10.2. The molecule has 0 aromatic heterocycles. The number of amidine groups is 1. The van der Waals surface area contributed by atoms with E-state index in [4.69, 9.17) is 0 Å². The number of nitrogens with one attached hydrogen (secondary N) is 1. The third-order valence-electron chi connectivity index (χ3n) is 4.03. The van der Waals surface area contributed by atoms with Crippen molar-refractivity contribution >= 4 is 45.8 Å². The number of anilines is 1. The molecule has 9 heteroatoms. The summed E-state index contributed by atoms with van der Waals surface area (Å²) in [4.78, 5) is 41.2. The number of carbonyl (C=O) groups is 2. The molecule has 3 rings (SSSR count). The van der Waals surface area contributed by atoms with Crippen LogP contribution in [0, 0.1) is 10.1 Å². The van der Waals surface area contributed by atoms with Crippen LogP contribution in [0.15, 0.2) is 59.6 Å². The lowest BCUT2D eigenvalue weighted by Gasteiger charge is -2.13. The van der Waals surface area contributed by atoms with Gasteiger partial charge < -0.3 is 5.32 Å². The lowest BCUT2D eigenvalue weighted by Crippen LogP contribution is -2.33. The molecular weight excluding hydrogens is 380 g/mol. The minimum Gasteiger partial charge on any atom is -0.326 e. The second kappa shape index (κ2) is 8.66. The average molecular weight is 398 g/mol. The van der Waals surface area contributed by atoms with Gasteiger partial charge in [-0.05, 0) is 25.1 Å². The number of nitro groups is 1. The van der Waals surface area contributed by atoms with Crippen molar-refractivity contribution in [3.63, 3.8) is 0 Å². The van der Waals surface area contributed by atoms with Crippen LogP contribution in [-0.4, -0.2) is 38.6 Å². The summed E-state index contributed by atoms with van der Waals surface area (Å²) in [6, 6.07) is 14.9. The summed E-state index contributed by atoms with van der Waals surface area (Å²) in [5.41, 5.74) is 0.983.